The normalized spacial score (nSPS) is 11.1. The second-order valence-corrected chi connectivity index (χ2v) is 4.04. The van der Waals surface area contributed by atoms with Crippen molar-refractivity contribution < 1.29 is 14.3 Å². The number of hydrogen-bond acceptors (Lipinski definition) is 5. The van der Waals surface area contributed by atoms with Crippen molar-refractivity contribution in [3.8, 4) is 0 Å². The molecule has 0 atom stereocenters. The highest BCUT2D eigenvalue weighted by Crippen LogP contribution is 2.29. The third-order valence-electron chi connectivity index (χ3n) is 2.30. The van der Waals surface area contributed by atoms with E-state index in [-0.39, 0.29) is 17.3 Å². The Balaban J connectivity index is 2.72. The van der Waals surface area contributed by atoms with Gasteiger partial charge in [-0.15, -0.1) is 0 Å². The molecule has 0 spiro atoms. The molecule has 0 aliphatic carbocycles. The van der Waals surface area contributed by atoms with Gasteiger partial charge in [-0.25, -0.2) is 14.8 Å². The lowest BCUT2D eigenvalue weighted by Crippen LogP contribution is -2.12. The number of fused-ring (bicyclic) bond motifs is 1. The molecule has 2 aromatic heterocycles. The largest absolute Gasteiger partial charge is 0.478 e. The summed E-state index contributed by atoms with van der Waals surface area (Å²) in [7, 11) is 0. The summed E-state index contributed by atoms with van der Waals surface area (Å²) in [6.07, 6.45) is 1.35. The van der Waals surface area contributed by atoms with Crippen LogP contribution in [0.1, 0.15) is 30.0 Å². The Morgan fingerprint density at radius 2 is 2.18 bits per heavy atom. The summed E-state index contributed by atoms with van der Waals surface area (Å²) in [5.74, 6) is -0.220. The van der Waals surface area contributed by atoms with Crippen LogP contribution in [0.4, 0.5) is 5.82 Å². The summed E-state index contributed by atoms with van der Waals surface area (Å²) in [5, 5.41) is 12.7. The third kappa shape index (κ3) is 1.93. The first-order valence-electron chi connectivity index (χ1n) is 5.24. The Morgan fingerprint density at radius 1 is 1.47 bits per heavy atom. The van der Waals surface area contributed by atoms with Crippen LogP contribution >= 0.6 is 0 Å². The molecule has 17 heavy (non-hydrogen) atoms. The molecule has 2 heterocycles. The van der Waals surface area contributed by atoms with Gasteiger partial charge in [-0.3, -0.25) is 0 Å². The van der Waals surface area contributed by atoms with Crippen LogP contribution in [-0.4, -0.2) is 27.1 Å². The molecule has 0 fully saturated rings. The molecule has 6 nitrogen and oxygen atoms in total. The number of rotatable bonds is 3. The number of aromatic carboxylic acids is 1. The van der Waals surface area contributed by atoms with E-state index in [1.165, 1.54) is 6.33 Å². The molecular weight excluding hydrogens is 222 g/mol. The Labute approximate surface area is 97.7 Å². The number of carbonyl (C=O) groups is 1. The van der Waals surface area contributed by atoms with Gasteiger partial charge in [-0.2, -0.15) is 0 Å². The Morgan fingerprint density at radius 3 is 2.76 bits per heavy atom. The minimum Gasteiger partial charge on any atom is -0.478 e. The second-order valence-electron chi connectivity index (χ2n) is 4.04. The molecule has 0 aromatic carbocycles. The number of aromatic nitrogens is 2. The first-order chi connectivity index (χ1) is 8.00. The maximum absolute atomic E-state index is 11.2. The SMILES string of the molecule is Cc1oc2ncnc(NC(C)C)c2c1C(=O)O. The fourth-order valence-corrected chi connectivity index (χ4v) is 1.68. The van der Waals surface area contributed by atoms with Crippen molar-refractivity contribution in [3.05, 3.63) is 17.7 Å². The fourth-order valence-electron chi connectivity index (χ4n) is 1.68. The minimum absolute atomic E-state index is 0.115. The van der Waals surface area contributed by atoms with Gasteiger partial charge in [0.15, 0.2) is 0 Å². The molecule has 0 aliphatic rings. The van der Waals surface area contributed by atoms with Crippen LogP contribution in [0.3, 0.4) is 0 Å². The molecule has 0 radical (unpaired) electrons. The summed E-state index contributed by atoms with van der Waals surface area (Å²) in [6, 6.07) is 0.143. The monoisotopic (exact) mass is 235 g/mol. The molecule has 0 saturated carbocycles. The zero-order valence-corrected chi connectivity index (χ0v) is 9.81. The molecule has 0 aliphatic heterocycles. The highest BCUT2D eigenvalue weighted by Gasteiger charge is 2.22. The molecule has 6 heteroatoms. The van der Waals surface area contributed by atoms with Crippen LogP contribution in [0.2, 0.25) is 0 Å². The van der Waals surface area contributed by atoms with Crippen LogP contribution in [-0.2, 0) is 0 Å². The molecule has 0 bridgehead atoms. The number of carboxylic acid groups (broad SMARTS) is 1. The zero-order valence-electron chi connectivity index (χ0n) is 9.81. The molecule has 0 unspecified atom stereocenters. The summed E-state index contributed by atoms with van der Waals surface area (Å²) in [4.78, 5) is 19.2. The van der Waals surface area contributed by atoms with E-state index in [4.69, 9.17) is 9.52 Å². The smallest absolute Gasteiger partial charge is 0.340 e. The molecule has 0 amide bonds. The van der Waals surface area contributed by atoms with Gasteiger partial charge in [0.05, 0.1) is 5.39 Å². The lowest BCUT2D eigenvalue weighted by atomic mass is 10.2. The van der Waals surface area contributed by atoms with E-state index in [2.05, 4.69) is 15.3 Å². The predicted octanol–water partition coefficient (Wildman–Crippen LogP) is 2.05. The van der Waals surface area contributed by atoms with Gasteiger partial charge in [-0.05, 0) is 20.8 Å². The number of furan rings is 1. The van der Waals surface area contributed by atoms with Crippen LogP contribution in [0.25, 0.3) is 11.1 Å². The lowest BCUT2D eigenvalue weighted by molar-refractivity contribution is 0.0697. The van der Waals surface area contributed by atoms with Gasteiger partial charge >= 0.3 is 5.97 Å². The molecule has 2 rings (SSSR count). The van der Waals surface area contributed by atoms with Crippen molar-refractivity contribution in [2.75, 3.05) is 5.32 Å². The first-order valence-corrected chi connectivity index (χ1v) is 5.24. The Bertz CT molecular complexity index is 575. The van der Waals surface area contributed by atoms with E-state index in [0.29, 0.717) is 17.0 Å². The number of carboxylic acids is 1. The van der Waals surface area contributed by atoms with E-state index in [1.54, 1.807) is 6.92 Å². The average Bonchev–Trinajstić information content (AvgIpc) is 2.54. The predicted molar refractivity (Wildman–Crippen MR) is 62.3 cm³/mol. The van der Waals surface area contributed by atoms with Crippen LogP contribution in [0, 0.1) is 6.92 Å². The van der Waals surface area contributed by atoms with Crippen LogP contribution < -0.4 is 5.32 Å². The Hall–Kier alpha value is -2.11. The van der Waals surface area contributed by atoms with E-state index >= 15 is 0 Å². The minimum atomic E-state index is -1.04. The van der Waals surface area contributed by atoms with Crippen LogP contribution in [0.15, 0.2) is 10.7 Å². The number of aryl methyl sites for hydroxylation is 1. The Kier molecular flexibility index (Phi) is 2.71. The van der Waals surface area contributed by atoms with Crippen molar-refractivity contribution in [2.24, 2.45) is 0 Å². The van der Waals surface area contributed by atoms with E-state index in [9.17, 15) is 4.79 Å². The van der Waals surface area contributed by atoms with Crippen molar-refractivity contribution in [2.45, 2.75) is 26.8 Å². The van der Waals surface area contributed by atoms with E-state index < -0.39 is 5.97 Å². The molecule has 2 aromatic rings. The summed E-state index contributed by atoms with van der Waals surface area (Å²) in [6.45, 7) is 5.49. The number of hydrogen-bond donors (Lipinski definition) is 2. The highest BCUT2D eigenvalue weighted by atomic mass is 16.4. The summed E-state index contributed by atoms with van der Waals surface area (Å²) < 4.78 is 5.31. The van der Waals surface area contributed by atoms with Gasteiger partial charge < -0.3 is 14.8 Å². The third-order valence-corrected chi connectivity index (χ3v) is 2.30. The van der Waals surface area contributed by atoms with Crippen molar-refractivity contribution in [3.63, 3.8) is 0 Å². The number of nitrogens with zero attached hydrogens (tertiary/aromatic N) is 2. The van der Waals surface area contributed by atoms with Gasteiger partial charge in [0, 0.05) is 6.04 Å². The van der Waals surface area contributed by atoms with Crippen molar-refractivity contribution in [1.82, 2.24) is 9.97 Å². The topological polar surface area (TPSA) is 88.3 Å². The summed E-state index contributed by atoms with van der Waals surface area (Å²) in [5.41, 5.74) is 0.404. The van der Waals surface area contributed by atoms with Crippen molar-refractivity contribution in [1.29, 1.82) is 0 Å². The molecule has 90 valence electrons. The van der Waals surface area contributed by atoms with E-state index in [1.807, 2.05) is 13.8 Å². The van der Waals surface area contributed by atoms with Gasteiger partial charge in [0.1, 0.15) is 23.5 Å². The van der Waals surface area contributed by atoms with E-state index in [0.717, 1.165) is 0 Å². The number of anilines is 1. The highest BCUT2D eigenvalue weighted by molar-refractivity contribution is 6.06. The summed E-state index contributed by atoms with van der Waals surface area (Å²) >= 11 is 0. The van der Waals surface area contributed by atoms with Gasteiger partial charge in [0.25, 0.3) is 0 Å². The van der Waals surface area contributed by atoms with Crippen molar-refractivity contribution >= 4 is 22.9 Å². The zero-order chi connectivity index (χ0) is 12.6. The molecule has 2 N–H and O–H groups in total. The average molecular weight is 235 g/mol. The number of nitrogens with one attached hydrogen (secondary N) is 1. The fraction of sp³-hybridized carbons (Fsp3) is 0.364. The van der Waals surface area contributed by atoms with Gasteiger partial charge in [-0.1, -0.05) is 0 Å². The molecular formula is C11H13N3O3. The second kappa shape index (κ2) is 4.04. The first kappa shape index (κ1) is 11.4. The quantitative estimate of drug-likeness (QED) is 0.846. The lowest BCUT2D eigenvalue weighted by Gasteiger charge is -2.09. The molecule has 0 saturated heterocycles. The van der Waals surface area contributed by atoms with Gasteiger partial charge in [0.2, 0.25) is 5.71 Å². The standard InChI is InChI=1S/C11H13N3O3/c1-5(2)14-9-8-7(11(15)16)6(3)17-10(8)13-4-12-9/h4-5H,1-3H3,(H,15,16)(H,12,13,14). The maximum Gasteiger partial charge on any atom is 0.340 e. The van der Waals surface area contributed by atoms with Crippen LogP contribution in [0.5, 0.6) is 0 Å². The maximum atomic E-state index is 11.2.